The topological polar surface area (TPSA) is 52.2 Å². The Balaban J connectivity index is 1.65. The van der Waals surface area contributed by atoms with Gasteiger partial charge in [-0.25, -0.2) is 4.98 Å². The number of aromatic nitrogens is 3. The average molecular weight is 439 g/mol. The highest BCUT2D eigenvalue weighted by molar-refractivity contribution is 6.31. The number of nitrogens with zero attached hydrogens (tertiary/aromatic N) is 4. The molecule has 0 aliphatic heterocycles. The maximum atomic E-state index is 13.3. The molecule has 0 bridgehead atoms. The predicted octanol–water partition coefficient (Wildman–Crippen LogP) is 5.70. The average Bonchev–Trinajstić information content (AvgIpc) is 3.29. The van der Waals surface area contributed by atoms with Gasteiger partial charge in [0.15, 0.2) is 5.82 Å². The van der Waals surface area contributed by atoms with Crippen molar-refractivity contribution >= 4 is 28.7 Å². The van der Waals surface area contributed by atoms with Crippen molar-refractivity contribution in [3.63, 3.8) is 0 Å². The molecule has 0 unspecified atom stereocenters. The summed E-state index contributed by atoms with van der Waals surface area (Å²) in [5.74, 6) is 0.492. The van der Waals surface area contributed by atoms with Crippen LogP contribution in [0.5, 0.6) is 0 Å². The van der Waals surface area contributed by atoms with Crippen molar-refractivity contribution in [1.29, 1.82) is 0 Å². The third-order valence-electron chi connectivity index (χ3n) is 5.29. The van der Waals surface area contributed by atoms with Gasteiger partial charge in [0.25, 0.3) is 5.56 Å². The van der Waals surface area contributed by atoms with Crippen molar-refractivity contribution in [3.8, 4) is 17.1 Å². The number of benzene rings is 3. The van der Waals surface area contributed by atoms with Gasteiger partial charge in [-0.1, -0.05) is 54.1 Å². The zero-order valence-corrected chi connectivity index (χ0v) is 18.1. The summed E-state index contributed by atoms with van der Waals surface area (Å²) in [6, 6.07) is 26.6. The van der Waals surface area contributed by atoms with E-state index in [1.54, 1.807) is 12.3 Å². The zero-order valence-electron chi connectivity index (χ0n) is 17.3. The third kappa shape index (κ3) is 3.63. The Bertz CT molecular complexity index is 1520. The molecule has 0 aliphatic carbocycles. The van der Waals surface area contributed by atoms with E-state index in [9.17, 15) is 4.79 Å². The van der Waals surface area contributed by atoms with Gasteiger partial charge in [0, 0.05) is 22.5 Å². The molecule has 5 aromatic rings. The molecule has 32 heavy (non-hydrogen) atoms. The Morgan fingerprint density at radius 1 is 0.938 bits per heavy atom. The van der Waals surface area contributed by atoms with Crippen molar-refractivity contribution in [2.45, 2.75) is 6.92 Å². The first kappa shape index (κ1) is 20.0. The minimum absolute atomic E-state index is 0.217. The molecule has 6 heteroatoms. The number of aryl methyl sites for hydroxylation is 1. The van der Waals surface area contributed by atoms with Crippen LogP contribution in [0.25, 0.3) is 28.0 Å². The van der Waals surface area contributed by atoms with Gasteiger partial charge in [0.1, 0.15) is 0 Å². The molecule has 0 amide bonds. The molecule has 0 spiro atoms. The fourth-order valence-corrected chi connectivity index (χ4v) is 3.75. The molecule has 0 radical (unpaired) electrons. The summed E-state index contributed by atoms with van der Waals surface area (Å²) in [6.07, 6.45) is 3.62. The highest BCUT2D eigenvalue weighted by atomic mass is 35.5. The van der Waals surface area contributed by atoms with Crippen LogP contribution in [0.1, 0.15) is 11.3 Å². The summed E-state index contributed by atoms with van der Waals surface area (Å²) in [5, 5.41) is 5.81. The van der Waals surface area contributed by atoms with Crippen LogP contribution in [0, 0.1) is 6.92 Å². The molecule has 0 N–H and O–H groups in total. The van der Waals surface area contributed by atoms with E-state index in [1.807, 2.05) is 96.6 Å². The minimum Gasteiger partial charge on any atom is -0.316 e. The second-order valence-corrected chi connectivity index (χ2v) is 7.82. The number of hydrogen-bond donors (Lipinski definition) is 0. The second kappa shape index (κ2) is 8.29. The van der Waals surface area contributed by atoms with Crippen LogP contribution in [-0.2, 0) is 0 Å². The number of fused-ring (bicyclic) bond motifs is 1. The lowest BCUT2D eigenvalue weighted by atomic mass is 10.2. The Labute approximate surface area is 189 Å². The van der Waals surface area contributed by atoms with Gasteiger partial charge in [0.2, 0.25) is 0 Å². The first-order valence-corrected chi connectivity index (χ1v) is 10.5. The van der Waals surface area contributed by atoms with Gasteiger partial charge in [0.05, 0.1) is 22.8 Å². The fraction of sp³-hybridized carbons (Fsp3) is 0.0385. The van der Waals surface area contributed by atoms with E-state index in [0.717, 1.165) is 27.5 Å². The van der Waals surface area contributed by atoms with Gasteiger partial charge >= 0.3 is 0 Å². The molecular weight excluding hydrogens is 420 g/mol. The van der Waals surface area contributed by atoms with Crippen LogP contribution in [0.2, 0.25) is 5.02 Å². The first-order valence-electron chi connectivity index (χ1n) is 10.2. The summed E-state index contributed by atoms with van der Waals surface area (Å²) in [5.41, 5.74) is 4.02. The molecule has 2 aromatic heterocycles. The number of halogens is 1. The quantitative estimate of drug-likeness (QED) is 0.338. The monoisotopic (exact) mass is 438 g/mol. The lowest BCUT2D eigenvalue weighted by Crippen LogP contribution is -2.20. The first-order chi connectivity index (χ1) is 15.6. The minimum atomic E-state index is -0.217. The van der Waals surface area contributed by atoms with E-state index in [4.69, 9.17) is 16.6 Å². The van der Waals surface area contributed by atoms with Crippen molar-refractivity contribution < 1.29 is 0 Å². The SMILES string of the molecule is Cc1cc(-n2cccc2C=Nn2c(-c3ccccc3)nc3ccccc3c2=O)ccc1Cl. The molecule has 0 saturated carbocycles. The molecule has 0 fully saturated rings. The van der Waals surface area contributed by atoms with Crippen LogP contribution in [0.4, 0.5) is 0 Å². The lowest BCUT2D eigenvalue weighted by molar-refractivity contribution is 0.828. The normalized spacial score (nSPS) is 11.4. The maximum Gasteiger partial charge on any atom is 0.282 e. The molecule has 156 valence electrons. The predicted molar refractivity (Wildman–Crippen MR) is 130 cm³/mol. The Morgan fingerprint density at radius 2 is 1.72 bits per heavy atom. The van der Waals surface area contributed by atoms with E-state index in [-0.39, 0.29) is 5.56 Å². The van der Waals surface area contributed by atoms with Gasteiger partial charge in [-0.15, -0.1) is 0 Å². The standard InChI is InChI=1S/C26H19ClN4O/c1-18-16-20(13-14-23(18)27)30-15-7-10-21(30)17-28-31-25(19-8-3-2-4-9-19)29-24-12-6-5-11-22(24)26(31)32/h2-17H,1H3. The van der Waals surface area contributed by atoms with Crippen molar-refractivity contribution in [3.05, 3.63) is 118 Å². The Kier molecular flexibility index (Phi) is 5.17. The third-order valence-corrected chi connectivity index (χ3v) is 5.72. The van der Waals surface area contributed by atoms with E-state index >= 15 is 0 Å². The highest BCUT2D eigenvalue weighted by Crippen LogP contribution is 2.21. The summed E-state index contributed by atoms with van der Waals surface area (Å²) in [7, 11) is 0. The molecular formula is C26H19ClN4O. The van der Waals surface area contributed by atoms with Crippen molar-refractivity contribution in [1.82, 2.24) is 14.2 Å². The molecule has 0 atom stereocenters. The second-order valence-electron chi connectivity index (χ2n) is 7.42. The van der Waals surface area contributed by atoms with Crippen LogP contribution < -0.4 is 5.56 Å². The summed E-state index contributed by atoms with van der Waals surface area (Å²) < 4.78 is 3.36. The Hall–Kier alpha value is -3.96. The lowest BCUT2D eigenvalue weighted by Gasteiger charge is -2.10. The summed E-state index contributed by atoms with van der Waals surface area (Å²) in [6.45, 7) is 1.97. The number of para-hydroxylation sites is 1. The number of rotatable bonds is 4. The largest absolute Gasteiger partial charge is 0.316 e. The Morgan fingerprint density at radius 3 is 2.53 bits per heavy atom. The number of hydrogen-bond acceptors (Lipinski definition) is 3. The maximum absolute atomic E-state index is 13.3. The van der Waals surface area contributed by atoms with E-state index < -0.39 is 0 Å². The zero-order chi connectivity index (χ0) is 22.1. The molecule has 2 heterocycles. The van der Waals surface area contributed by atoms with Crippen LogP contribution in [0.3, 0.4) is 0 Å². The van der Waals surface area contributed by atoms with Gasteiger partial charge in [-0.2, -0.15) is 9.78 Å². The smallest absolute Gasteiger partial charge is 0.282 e. The molecule has 5 rings (SSSR count). The van der Waals surface area contributed by atoms with Crippen LogP contribution in [0.15, 0.2) is 101 Å². The van der Waals surface area contributed by atoms with Gasteiger partial charge < -0.3 is 4.57 Å². The van der Waals surface area contributed by atoms with E-state index in [2.05, 4.69) is 5.10 Å². The fourth-order valence-electron chi connectivity index (χ4n) is 3.63. The van der Waals surface area contributed by atoms with Crippen LogP contribution in [-0.4, -0.2) is 20.4 Å². The molecule has 5 nitrogen and oxygen atoms in total. The van der Waals surface area contributed by atoms with Gasteiger partial charge in [-0.05, 0) is 55.0 Å². The van der Waals surface area contributed by atoms with Gasteiger partial charge in [-0.3, -0.25) is 4.79 Å². The highest BCUT2D eigenvalue weighted by Gasteiger charge is 2.12. The van der Waals surface area contributed by atoms with Crippen molar-refractivity contribution in [2.24, 2.45) is 5.10 Å². The van der Waals surface area contributed by atoms with E-state index in [1.165, 1.54) is 4.68 Å². The van der Waals surface area contributed by atoms with Crippen LogP contribution >= 0.6 is 11.6 Å². The molecule has 3 aromatic carbocycles. The summed E-state index contributed by atoms with van der Waals surface area (Å²) >= 11 is 6.18. The van der Waals surface area contributed by atoms with Crippen molar-refractivity contribution in [2.75, 3.05) is 0 Å². The molecule has 0 aliphatic rings. The molecule has 0 saturated heterocycles. The van der Waals surface area contributed by atoms with E-state index in [0.29, 0.717) is 16.7 Å². The summed E-state index contributed by atoms with van der Waals surface area (Å²) in [4.78, 5) is 18.0.